The van der Waals surface area contributed by atoms with Gasteiger partial charge in [-0.2, -0.15) is 0 Å². The van der Waals surface area contributed by atoms with E-state index < -0.39 is 62.1 Å². The molecule has 0 unspecified atom stereocenters. The maximum atomic E-state index is 13.4. The molecule has 274 valence electrons. The van der Waals surface area contributed by atoms with Crippen molar-refractivity contribution in [3.05, 3.63) is 52.1 Å². The molecular formula is C33H46N6O9S2. The molecule has 1 fully saturated rings. The second kappa shape index (κ2) is 14.9. The number of rotatable bonds is 13. The van der Waals surface area contributed by atoms with E-state index in [1.54, 1.807) is 26.0 Å². The van der Waals surface area contributed by atoms with Crippen molar-refractivity contribution < 1.29 is 41.1 Å². The molecule has 2 amide bonds. The van der Waals surface area contributed by atoms with Crippen LogP contribution in [-0.4, -0.2) is 87.9 Å². The summed E-state index contributed by atoms with van der Waals surface area (Å²) >= 11 is 0. The average molecular weight is 735 g/mol. The Labute approximate surface area is 293 Å². The lowest BCUT2D eigenvalue weighted by Crippen LogP contribution is -2.52. The van der Waals surface area contributed by atoms with Crippen LogP contribution >= 0.6 is 0 Å². The number of aryl methyl sites for hydroxylation is 1. The first kappa shape index (κ1) is 38.6. The minimum Gasteiger partial charge on any atom is -0.487 e. The maximum Gasteiger partial charge on any atom is 0.326 e. The third kappa shape index (κ3) is 8.73. The van der Waals surface area contributed by atoms with Crippen LogP contribution < -0.4 is 25.2 Å². The summed E-state index contributed by atoms with van der Waals surface area (Å²) in [5, 5.41) is 12.2. The van der Waals surface area contributed by atoms with Gasteiger partial charge in [-0.05, 0) is 96.0 Å². The van der Waals surface area contributed by atoms with Crippen LogP contribution in [-0.2, 0) is 40.9 Å². The summed E-state index contributed by atoms with van der Waals surface area (Å²) in [6.45, 7) is 10.5. The Balaban J connectivity index is 1.32. The number of guanidine groups is 1. The number of carboxylic acids is 1. The minimum absolute atomic E-state index is 0.00140. The molecule has 2 aromatic rings. The van der Waals surface area contributed by atoms with Crippen molar-refractivity contribution in [1.29, 1.82) is 0 Å². The van der Waals surface area contributed by atoms with Gasteiger partial charge in [0.15, 0.2) is 0 Å². The Morgan fingerprint density at radius 1 is 1.04 bits per heavy atom. The van der Waals surface area contributed by atoms with E-state index in [1.165, 1.54) is 17.0 Å². The molecular weight excluding hydrogens is 689 g/mol. The summed E-state index contributed by atoms with van der Waals surface area (Å²) in [7, 11) is -8.08. The molecule has 2 aromatic carbocycles. The van der Waals surface area contributed by atoms with E-state index in [-0.39, 0.29) is 48.1 Å². The summed E-state index contributed by atoms with van der Waals surface area (Å²) < 4.78 is 62.7. The zero-order valence-corrected chi connectivity index (χ0v) is 30.8. The highest BCUT2D eigenvalue weighted by molar-refractivity contribution is 7.90. The van der Waals surface area contributed by atoms with E-state index in [0.717, 1.165) is 16.7 Å². The Morgan fingerprint density at radius 2 is 1.70 bits per heavy atom. The molecule has 2 heterocycles. The predicted molar refractivity (Wildman–Crippen MR) is 186 cm³/mol. The van der Waals surface area contributed by atoms with Gasteiger partial charge in [0.2, 0.25) is 27.8 Å². The fourth-order valence-electron chi connectivity index (χ4n) is 6.29. The number of amides is 2. The lowest BCUT2D eigenvalue weighted by Gasteiger charge is -2.25. The van der Waals surface area contributed by atoms with Gasteiger partial charge < -0.3 is 25.8 Å². The molecule has 0 spiro atoms. The molecule has 0 saturated carbocycles. The fraction of sp³-hybridized carbons (Fsp3) is 0.515. The van der Waals surface area contributed by atoms with E-state index in [0.29, 0.717) is 29.7 Å². The van der Waals surface area contributed by atoms with Crippen LogP contribution in [0.3, 0.4) is 0 Å². The molecule has 4 rings (SSSR count). The number of sulfonamides is 2. The predicted octanol–water partition coefficient (Wildman–Crippen LogP) is 1.55. The number of ether oxygens (including phenoxy) is 1. The summed E-state index contributed by atoms with van der Waals surface area (Å²) in [5.41, 5.74) is 8.99. The monoisotopic (exact) mass is 734 g/mol. The molecule has 2 atom stereocenters. The number of carbonyl (C=O) groups excluding carboxylic acids is 2. The first-order valence-electron chi connectivity index (χ1n) is 16.3. The summed E-state index contributed by atoms with van der Waals surface area (Å²) in [5.74, 6) is -2.27. The van der Waals surface area contributed by atoms with Gasteiger partial charge in [-0.1, -0.05) is 17.7 Å². The van der Waals surface area contributed by atoms with Gasteiger partial charge in [-0.3, -0.25) is 14.6 Å². The number of aliphatic carboxylic acids is 1. The zero-order chi connectivity index (χ0) is 37.2. The Kier molecular flexibility index (Phi) is 11.5. The molecule has 17 heteroatoms. The normalized spacial score (nSPS) is 17.9. The van der Waals surface area contributed by atoms with Gasteiger partial charge >= 0.3 is 5.97 Å². The van der Waals surface area contributed by atoms with Crippen molar-refractivity contribution in [2.24, 2.45) is 10.7 Å². The van der Waals surface area contributed by atoms with Crippen LogP contribution in [0.4, 0.5) is 0 Å². The van der Waals surface area contributed by atoms with Crippen molar-refractivity contribution in [2.45, 2.75) is 101 Å². The molecule has 15 nitrogen and oxygen atoms in total. The van der Waals surface area contributed by atoms with Crippen molar-refractivity contribution >= 4 is 43.8 Å². The number of nitrogens with one attached hydrogen (secondary N) is 3. The van der Waals surface area contributed by atoms with Gasteiger partial charge in [-0.15, -0.1) is 0 Å². The molecule has 0 bridgehead atoms. The van der Waals surface area contributed by atoms with Crippen LogP contribution in [0.1, 0.15) is 67.3 Å². The number of nitrogens with two attached hydrogens (primary N) is 1. The van der Waals surface area contributed by atoms with E-state index >= 15 is 0 Å². The number of benzene rings is 2. The Hall–Kier alpha value is -4.22. The third-order valence-corrected chi connectivity index (χ3v) is 12.0. The number of likely N-dealkylation sites (tertiary alicyclic amines) is 1. The molecule has 0 aromatic heterocycles. The highest BCUT2D eigenvalue weighted by Gasteiger charge is 2.38. The largest absolute Gasteiger partial charge is 0.487 e. The molecule has 0 aliphatic carbocycles. The van der Waals surface area contributed by atoms with E-state index in [9.17, 15) is 36.3 Å². The molecule has 0 radical (unpaired) electrons. The first-order chi connectivity index (χ1) is 23.2. The van der Waals surface area contributed by atoms with Crippen LogP contribution in [0, 0.1) is 27.7 Å². The topological polar surface area (TPSA) is 227 Å². The Bertz CT molecular complexity index is 1910. The van der Waals surface area contributed by atoms with E-state index in [4.69, 9.17) is 10.5 Å². The summed E-state index contributed by atoms with van der Waals surface area (Å²) in [6.07, 6.45) is 1.39. The average Bonchev–Trinajstić information content (AvgIpc) is 3.65. The number of hydrogen-bond donors (Lipinski definition) is 5. The quantitative estimate of drug-likeness (QED) is 0.113. The smallest absolute Gasteiger partial charge is 0.326 e. The van der Waals surface area contributed by atoms with Gasteiger partial charge in [0.25, 0.3) is 10.0 Å². The number of nitrogens with zero attached hydrogens (tertiary/aromatic N) is 2. The second-order valence-corrected chi connectivity index (χ2v) is 16.7. The fourth-order valence-corrected chi connectivity index (χ4v) is 8.78. The SMILES string of the molecule is Cc1ccc(S(=O)(=O)NCC(=O)N2CCC[C@H]2C(=O)N[C@@H](CCCN=C(N)NS(=O)(=O)c2c(C)c(C)c3c(c2C)CC(C)(C)O3)C(=O)O)cc1. The molecule has 2 aliphatic rings. The molecule has 1 saturated heterocycles. The molecule has 2 aliphatic heterocycles. The van der Waals surface area contributed by atoms with Crippen molar-refractivity contribution in [3.8, 4) is 5.75 Å². The van der Waals surface area contributed by atoms with Gasteiger partial charge in [0.05, 0.1) is 16.3 Å². The maximum absolute atomic E-state index is 13.4. The summed E-state index contributed by atoms with van der Waals surface area (Å²) in [4.78, 5) is 43.4. The van der Waals surface area contributed by atoms with Crippen molar-refractivity contribution in [3.63, 3.8) is 0 Å². The number of hydrogen-bond acceptors (Lipinski definition) is 9. The van der Waals surface area contributed by atoms with Crippen LogP contribution in [0.25, 0.3) is 0 Å². The third-order valence-electron chi connectivity index (χ3n) is 8.97. The molecule has 50 heavy (non-hydrogen) atoms. The Morgan fingerprint density at radius 3 is 2.34 bits per heavy atom. The van der Waals surface area contributed by atoms with Crippen LogP contribution in [0.5, 0.6) is 5.75 Å². The second-order valence-electron chi connectivity index (χ2n) is 13.3. The van der Waals surface area contributed by atoms with Crippen LogP contribution in [0.15, 0.2) is 39.0 Å². The lowest BCUT2D eigenvalue weighted by molar-refractivity contribution is -0.143. The van der Waals surface area contributed by atoms with Gasteiger partial charge in [-0.25, -0.2) is 31.1 Å². The van der Waals surface area contributed by atoms with Crippen molar-refractivity contribution in [1.82, 2.24) is 19.7 Å². The number of aliphatic imine (C=N–C) groups is 1. The minimum atomic E-state index is -4.12. The highest BCUT2D eigenvalue weighted by Crippen LogP contribution is 2.43. The summed E-state index contributed by atoms with van der Waals surface area (Å²) in [6, 6.07) is 3.82. The van der Waals surface area contributed by atoms with Gasteiger partial charge in [0.1, 0.15) is 23.4 Å². The highest BCUT2D eigenvalue weighted by atomic mass is 32.2. The first-order valence-corrected chi connectivity index (χ1v) is 19.2. The zero-order valence-electron chi connectivity index (χ0n) is 29.1. The van der Waals surface area contributed by atoms with E-state index in [2.05, 4.69) is 19.8 Å². The van der Waals surface area contributed by atoms with E-state index in [1.807, 2.05) is 27.7 Å². The molecule has 6 N–H and O–H groups in total. The standard InChI is InChI=1S/C33H46N6O9S2/c1-19-11-13-23(14-12-19)49(44,45)36-18-27(40)39-16-8-10-26(39)30(41)37-25(31(42)43)9-7-15-35-32(34)38-50(46,47)29-21(3)20(2)28-24(22(29)4)17-33(5,6)48-28/h11-14,25-26,36H,7-10,15-18H2,1-6H3,(H,37,41)(H,42,43)(H3,34,35,38)/t25-,26-/m0/s1. The lowest BCUT2D eigenvalue weighted by atomic mass is 9.94. The number of fused-ring (bicyclic) bond motifs is 1. The number of carbonyl (C=O) groups is 3. The number of carboxylic acid groups (broad SMARTS) is 1. The van der Waals surface area contributed by atoms with Crippen molar-refractivity contribution in [2.75, 3.05) is 19.6 Å². The van der Waals surface area contributed by atoms with Gasteiger partial charge in [0, 0.05) is 25.1 Å². The van der Waals surface area contributed by atoms with Crippen LogP contribution in [0.2, 0.25) is 0 Å².